The summed E-state index contributed by atoms with van der Waals surface area (Å²) in [6, 6.07) is 1.77. The normalized spacial score (nSPS) is 12.7. The summed E-state index contributed by atoms with van der Waals surface area (Å²) in [5.41, 5.74) is 7.07. The summed E-state index contributed by atoms with van der Waals surface area (Å²) in [5.74, 6) is -1.90. The second kappa shape index (κ2) is 5.56. The fourth-order valence-corrected chi connectivity index (χ4v) is 2.69. The number of hydrogen-bond donors (Lipinski definition) is 1. The van der Waals surface area contributed by atoms with Crippen molar-refractivity contribution < 1.29 is 8.78 Å². The Kier molecular flexibility index (Phi) is 4.23. The molecule has 0 spiro atoms. The van der Waals surface area contributed by atoms with E-state index in [1.54, 1.807) is 4.68 Å². The van der Waals surface area contributed by atoms with Gasteiger partial charge in [-0.05, 0) is 34.5 Å². The lowest BCUT2D eigenvalue weighted by molar-refractivity contribution is 0.500. The van der Waals surface area contributed by atoms with Gasteiger partial charge in [0.25, 0.3) is 0 Å². The third-order valence-electron chi connectivity index (χ3n) is 2.83. The molecule has 0 radical (unpaired) electrons. The van der Waals surface area contributed by atoms with E-state index in [1.165, 1.54) is 12.3 Å². The van der Waals surface area contributed by atoms with Crippen molar-refractivity contribution in [1.82, 2.24) is 9.78 Å². The minimum Gasteiger partial charge on any atom is -0.319 e. The Balaban J connectivity index is 2.53. The molecule has 3 nitrogen and oxygen atoms in total. The van der Waals surface area contributed by atoms with E-state index in [4.69, 9.17) is 17.3 Å². The Morgan fingerprint density at radius 1 is 1.47 bits per heavy atom. The van der Waals surface area contributed by atoms with Gasteiger partial charge in [-0.15, -0.1) is 0 Å². The van der Waals surface area contributed by atoms with Crippen LogP contribution in [0.5, 0.6) is 0 Å². The first kappa shape index (κ1) is 14.4. The second-order valence-electron chi connectivity index (χ2n) is 3.94. The molecule has 0 bridgehead atoms. The lowest BCUT2D eigenvalue weighted by atomic mass is 10.0. The molecule has 0 fully saturated rings. The van der Waals surface area contributed by atoms with Gasteiger partial charge < -0.3 is 5.73 Å². The first-order valence-corrected chi connectivity index (χ1v) is 6.74. The standard InChI is InChI=1S/C12H11BrClF2N3/c1-2-19-12(7(14)5-18-19)11(17)6-3-4-8(15)10(16)9(6)13/h3-5,11H,2,17H2,1H3. The van der Waals surface area contributed by atoms with E-state index >= 15 is 0 Å². The summed E-state index contributed by atoms with van der Waals surface area (Å²) < 4.78 is 28.3. The average molecular weight is 351 g/mol. The minimum atomic E-state index is -0.966. The Hall–Kier alpha value is -0.980. The molecule has 2 N–H and O–H groups in total. The van der Waals surface area contributed by atoms with Crippen molar-refractivity contribution >= 4 is 27.5 Å². The molecule has 0 amide bonds. The van der Waals surface area contributed by atoms with E-state index in [9.17, 15) is 8.78 Å². The van der Waals surface area contributed by atoms with Gasteiger partial charge in [0.15, 0.2) is 11.6 Å². The minimum absolute atomic E-state index is 0.0000743. The first-order chi connectivity index (χ1) is 8.97. The Labute approximate surface area is 122 Å². The molecule has 0 saturated carbocycles. The van der Waals surface area contributed by atoms with Gasteiger partial charge in [0, 0.05) is 6.54 Å². The molecule has 0 saturated heterocycles. The van der Waals surface area contributed by atoms with Gasteiger partial charge in [-0.3, -0.25) is 4.68 Å². The molecule has 1 unspecified atom stereocenters. The third kappa shape index (κ3) is 2.52. The van der Waals surface area contributed by atoms with Crippen LogP contribution in [0.25, 0.3) is 0 Å². The molecule has 2 rings (SSSR count). The second-order valence-corrected chi connectivity index (χ2v) is 5.14. The molecular formula is C12H11BrClF2N3. The van der Waals surface area contributed by atoms with Crippen molar-refractivity contribution in [2.75, 3.05) is 0 Å². The number of aromatic nitrogens is 2. The Morgan fingerprint density at radius 2 is 2.16 bits per heavy atom. The van der Waals surface area contributed by atoms with Gasteiger partial charge in [0.05, 0.1) is 27.4 Å². The molecule has 0 aliphatic carbocycles. The number of aryl methyl sites for hydroxylation is 1. The Morgan fingerprint density at radius 3 is 2.79 bits per heavy atom. The van der Waals surface area contributed by atoms with Gasteiger partial charge in [0.2, 0.25) is 0 Å². The van der Waals surface area contributed by atoms with Crippen molar-refractivity contribution in [2.45, 2.75) is 19.5 Å². The van der Waals surface area contributed by atoms with E-state index in [1.807, 2.05) is 6.92 Å². The average Bonchev–Trinajstić information content (AvgIpc) is 2.76. The highest BCUT2D eigenvalue weighted by molar-refractivity contribution is 9.10. The van der Waals surface area contributed by atoms with Crippen molar-refractivity contribution in [2.24, 2.45) is 5.73 Å². The van der Waals surface area contributed by atoms with Crippen molar-refractivity contribution in [1.29, 1.82) is 0 Å². The zero-order valence-electron chi connectivity index (χ0n) is 10.0. The summed E-state index contributed by atoms with van der Waals surface area (Å²) in [6.45, 7) is 2.47. The van der Waals surface area contributed by atoms with E-state index in [0.29, 0.717) is 22.8 Å². The van der Waals surface area contributed by atoms with Gasteiger partial charge in [-0.2, -0.15) is 5.10 Å². The first-order valence-electron chi connectivity index (χ1n) is 5.57. The summed E-state index contributed by atoms with van der Waals surface area (Å²) in [4.78, 5) is 0. The summed E-state index contributed by atoms with van der Waals surface area (Å²) >= 11 is 9.07. The molecule has 1 heterocycles. The van der Waals surface area contributed by atoms with Crippen molar-refractivity contribution in [3.05, 3.63) is 50.7 Å². The Bertz CT molecular complexity index is 615. The number of rotatable bonds is 3. The molecule has 2 aromatic rings. The predicted molar refractivity (Wildman–Crippen MR) is 73.0 cm³/mol. The van der Waals surface area contributed by atoms with Gasteiger partial charge in [0.1, 0.15) is 0 Å². The number of benzene rings is 1. The van der Waals surface area contributed by atoms with E-state index < -0.39 is 17.7 Å². The highest BCUT2D eigenvalue weighted by atomic mass is 79.9. The quantitative estimate of drug-likeness (QED) is 0.859. The van der Waals surface area contributed by atoms with Crippen LogP contribution in [0.1, 0.15) is 24.2 Å². The molecule has 1 aromatic carbocycles. The SMILES string of the molecule is CCn1ncc(Cl)c1C(N)c1ccc(F)c(F)c1Br. The maximum atomic E-state index is 13.5. The zero-order chi connectivity index (χ0) is 14.2. The molecule has 0 aliphatic rings. The lowest BCUT2D eigenvalue weighted by Crippen LogP contribution is -2.18. The van der Waals surface area contributed by atoms with Crippen LogP contribution in [-0.2, 0) is 6.54 Å². The molecule has 102 valence electrons. The topological polar surface area (TPSA) is 43.8 Å². The molecule has 1 atom stereocenters. The van der Waals surface area contributed by atoms with Gasteiger partial charge in [-0.1, -0.05) is 17.7 Å². The van der Waals surface area contributed by atoms with Crippen LogP contribution in [-0.4, -0.2) is 9.78 Å². The number of nitrogens with two attached hydrogens (primary N) is 1. The summed E-state index contributed by atoms with van der Waals surface area (Å²) in [7, 11) is 0. The fourth-order valence-electron chi connectivity index (χ4n) is 1.86. The van der Waals surface area contributed by atoms with E-state index in [-0.39, 0.29) is 4.47 Å². The van der Waals surface area contributed by atoms with Crippen molar-refractivity contribution in [3.63, 3.8) is 0 Å². The van der Waals surface area contributed by atoms with Crippen LogP contribution in [0.4, 0.5) is 8.78 Å². The molecule has 19 heavy (non-hydrogen) atoms. The molecule has 7 heteroatoms. The number of halogens is 4. The van der Waals surface area contributed by atoms with Crippen LogP contribution < -0.4 is 5.73 Å². The number of nitrogens with zero attached hydrogens (tertiary/aromatic N) is 2. The predicted octanol–water partition coefficient (Wildman–Crippen LogP) is 3.65. The highest BCUT2D eigenvalue weighted by Gasteiger charge is 2.22. The van der Waals surface area contributed by atoms with Crippen LogP contribution in [0.3, 0.4) is 0 Å². The summed E-state index contributed by atoms with van der Waals surface area (Å²) in [6.07, 6.45) is 1.48. The van der Waals surface area contributed by atoms with Crippen LogP contribution >= 0.6 is 27.5 Å². The number of hydrogen-bond acceptors (Lipinski definition) is 2. The van der Waals surface area contributed by atoms with Crippen molar-refractivity contribution in [3.8, 4) is 0 Å². The third-order valence-corrected chi connectivity index (χ3v) is 3.92. The van der Waals surface area contributed by atoms with Crippen LogP contribution in [0.2, 0.25) is 5.02 Å². The van der Waals surface area contributed by atoms with E-state index in [0.717, 1.165) is 6.07 Å². The monoisotopic (exact) mass is 349 g/mol. The maximum absolute atomic E-state index is 13.5. The maximum Gasteiger partial charge on any atom is 0.173 e. The lowest BCUT2D eigenvalue weighted by Gasteiger charge is -2.16. The smallest absolute Gasteiger partial charge is 0.173 e. The largest absolute Gasteiger partial charge is 0.319 e. The van der Waals surface area contributed by atoms with Gasteiger partial charge in [-0.25, -0.2) is 8.78 Å². The van der Waals surface area contributed by atoms with Gasteiger partial charge >= 0.3 is 0 Å². The molecule has 0 aliphatic heterocycles. The molecule has 1 aromatic heterocycles. The highest BCUT2D eigenvalue weighted by Crippen LogP contribution is 2.32. The zero-order valence-corrected chi connectivity index (χ0v) is 12.3. The van der Waals surface area contributed by atoms with Crippen LogP contribution in [0.15, 0.2) is 22.8 Å². The van der Waals surface area contributed by atoms with Crippen LogP contribution in [0, 0.1) is 11.6 Å². The summed E-state index contributed by atoms with van der Waals surface area (Å²) in [5, 5.41) is 4.47. The molecular weight excluding hydrogens is 340 g/mol. The van der Waals surface area contributed by atoms with E-state index in [2.05, 4.69) is 21.0 Å². The fraction of sp³-hybridized carbons (Fsp3) is 0.250.